The summed E-state index contributed by atoms with van der Waals surface area (Å²) in [5.74, 6) is -0.402. The first-order chi connectivity index (χ1) is 18.1. The van der Waals surface area contributed by atoms with Gasteiger partial charge in [0.2, 0.25) is 16.0 Å². The number of hydrogen-bond acceptors (Lipinski definition) is 6. The molecule has 1 heterocycles. The third kappa shape index (κ3) is 7.42. The minimum absolute atomic E-state index is 0.177. The van der Waals surface area contributed by atoms with Crippen LogP contribution in [0.25, 0.3) is 0 Å². The van der Waals surface area contributed by atoms with Gasteiger partial charge in [-0.25, -0.2) is 13.4 Å². The van der Waals surface area contributed by atoms with Gasteiger partial charge in [0, 0.05) is 25.0 Å². The Kier molecular flexibility index (Phi) is 8.48. The Morgan fingerprint density at radius 1 is 1.16 bits per heavy atom. The lowest BCUT2D eigenvalue weighted by Gasteiger charge is -2.24. The second-order valence-corrected chi connectivity index (χ2v) is 11.8. The number of aryl methyl sites for hydroxylation is 1. The minimum atomic E-state index is -3.55. The normalized spacial score (nSPS) is 14.9. The molecule has 202 valence electrons. The summed E-state index contributed by atoms with van der Waals surface area (Å²) in [7, 11) is -2.11. The Labute approximate surface area is 222 Å². The first-order valence-corrected chi connectivity index (χ1v) is 14.4. The van der Waals surface area contributed by atoms with Gasteiger partial charge in [0.15, 0.2) is 6.10 Å². The molecule has 1 aliphatic rings. The topological polar surface area (TPSA) is 144 Å². The average molecular weight is 540 g/mol. The largest absolute Gasteiger partial charge is 0.381 e. The molecule has 1 aliphatic carbocycles. The SMILES string of the molecule is CN(c1cc(CCC2CC2)cc(C(=O)NC(Cc2ccccc2)C(O)C(=O)Nc2ncc[nH]2)c1)S(C)(=O)=O. The number of carbonyl (C=O) groups is 2. The number of nitrogens with one attached hydrogen (secondary N) is 3. The molecule has 0 bridgehead atoms. The molecule has 1 saturated carbocycles. The van der Waals surface area contributed by atoms with Gasteiger partial charge in [-0.15, -0.1) is 0 Å². The lowest BCUT2D eigenvalue weighted by Crippen LogP contribution is -2.50. The van der Waals surface area contributed by atoms with Gasteiger partial charge >= 0.3 is 0 Å². The minimum Gasteiger partial charge on any atom is -0.381 e. The van der Waals surface area contributed by atoms with E-state index in [4.69, 9.17) is 0 Å². The van der Waals surface area contributed by atoms with E-state index in [-0.39, 0.29) is 17.9 Å². The van der Waals surface area contributed by atoms with Crippen molar-refractivity contribution < 1.29 is 23.1 Å². The molecule has 10 nitrogen and oxygen atoms in total. The molecule has 0 saturated heterocycles. The van der Waals surface area contributed by atoms with E-state index in [2.05, 4.69) is 20.6 Å². The Bertz CT molecular complexity index is 1360. The number of aromatic nitrogens is 2. The highest BCUT2D eigenvalue weighted by atomic mass is 32.2. The number of amides is 2. The summed E-state index contributed by atoms with van der Waals surface area (Å²) in [6.45, 7) is 0. The fourth-order valence-corrected chi connectivity index (χ4v) is 4.66. The van der Waals surface area contributed by atoms with Gasteiger partial charge in [-0.3, -0.25) is 19.2 Å². The third-order valence-corrected chi connectivity index (χ3v) is 7.85. The number of aliphatic hydroxyl groups is 1. The lowest BCUT2D eigenvalue weighted by molar-refractivity contribution is -0.125. The highest BCUT2D eigenvalue weighted by molar-refractivity contribution is 7.92. The van der Waals surface area contributed by atoms with Crippen LogP contribution in [0.2, 0.25) is 0 Å². The second-order valence-electron chi connectivity index (χ2n) is 9.74. The van der Waals surface area contributed by atoms with E-state index in [9.17, 15) is 23.1 Å². The van der Waals surface area contributed by atoms with Gasteiger partial charge in [-0.1, -0.05) is 43.2 Å². The van der Waals surface area contributed by atoms with Crippen LogP contribution in [0.5, 0.6) is 0 Å². The van der Waals surface area contributed by atoms with E-state index in [0.29, 0.717) is 11.6 Å². The molecule has 2 atom stereocenters. The summed E-state index contributed by atoms with van der Waals surface area (Å²) in [5, 5.41) is 16.2. The zero-order valence-corrected chi connectivity index (χ0v) is 22.2. The molecule has 1 aromatic heterocycles. The van der Waals surface area contributed by atoms with E-state index >= 15 is 0 Å². The van der Waals surface area contributed by atoms with Gasteiger partial charge in [-0.05, 0) is 54.5 Å². The van der Waals surface area contributed by atoms with E-state index < -0.39 is 34.0 Å². The van der Waals surface area contributed by atoms with Crippen LogP contribution < -0.4 is 14.9 Å². The Balaban J connectivity index is 1.59. The Morgan fingerprint density at radius 2 is 1.89 bits per heavy atom. The van der Waals surface area contributed by atoms with Crippen LogP contribution in [0, 0.1) is 5.92 Å². The van der Waals surface area contributed by atoms with E-state index in [1.54, 1.807) is 12.1 Å². The molecular weight excluding hydrogens is 506 g/mol. The van der Waals surface area contributed by atoms with Crippen molar-refractivity contribution >= 4 is 33.5 Å². The summed E-state index contributed by atoms with van der Waals surface area (Å²) in [5.41, 5.74) is 2.30. The van der Waals surface area contributed by atoms with Crippen LogP contribution in [-0.4, -0.2) is 60.8 Å². The van der Waals surface area contributed by atoms with Gasteiger partial charge < -0.3 is 15.4 Å². The molecule has 2 amide bonds. The van der Waals surface area contributed by atoms with Crippen LogP contribution in [0.1, 0.15) is 40.7 Å². The van der Waals surface area contributed by atoms with Crippen molar-refractivity contribution in [1.82, 2.24) is 15.3 Å². The maximum absolute atomic E-state index is 13.5. The molecule has 38 heavy (non-hydrogen) atoms. The van der Waals surface area contributed by atoms with Gasteiger partial charge in [0.05, 0.1) is 18.0 Å². The molecule has 0 aliphatic heterocycles. The maximum atomic E-state index is 13.5. The van der Waals surface area contributed by atoms with Crippen molar-refractivity contribution in [2.75, 3.05) is 22.9 Å². The van der Waals surface area contributed by atoms with Gasteiger partial charge in [0.25, 0.3) is 11.8 Å². The van der Waals surface area contributed by atoms with Crippen LogP contribution in [0.3, 0.4) is 0 Å². The molecular formula is C27H33N5O5S. The number of aliphatic hydroxyl groups excluding tert-OH is 1. The number of sulfonamides is 1. The molecule has 2 aromatic carbocycles. The fourth-order valence-electron chi connectivity index (χ4n) is 4.17. The zero-order chi connectivity index (χ0) is 27.3. The average Bonchev–Trinajstić information content (AvgIpc) is 3.59. The first kappa shape index (κ1) is 27.3. The molecule has 0 spiro atoms. The molecule has 1 fully saturated rings. The fraction of sp³-hybridized carbons (Fsp3) is 0.370. The number of anilines is 2. The quantitative estimate of drug-likeness (QED) is 0.278. The monoisotopic (exact) mass is 539 g/mol. The highest BCUT2D eigenvalue weighted by Gasteiger charge is 2.29. The number of H-pyrrole nitrogens is 1. The predicted octanol–water partition coefficient (Wildman–Crippen LogP) is 2.49. The number of carbonyl (C=O) groups excluding carboxylic acids is 2. The number of nitrogens with zero attached hydrogens (tertiary/aromatic N) is 2. The highest BCUT2D eigenvalue weighted by Crippen LogP contribution is 2.34. The van der Waals surface area contributed by atoms with Crippen molar-refractivity contribution in [2.45, 2.75) is 44.2 Å². The number of hydrogen-bond donors (Lipinski definition) is 4. The van der Waals surface area contributed by atoms with Crippen molar-refractivity contribution in [3.8, 4) is 0 Å². The number of benzene rings is 2. The maximum Gasteiger partial charge on any atom is 0.257 e. The summed E-state index contributed by atoms with van der Waals surface area (Å²) in [6, 6.07) is 13.3. The standard InChI is InChI=1S/C27H33N5O5S/c1-32(38(2,36)37)22-15-20(11-10-18-8-9-18)14-21(17-22)25(34)30-23(16-19-6-4-3-5-7-19)24(33)26(35)31-27-28-12-13-29-27/h3-7,12-15,17-18,23-24,33H,8-11,16H2,1-2H3,(H,30,34)(H2,28,29,31,35). The van der Waals surface area contributed by atoms with Crippen LogP contribution in [0.15, 0.2) is 60.9 Å². The van der Waals surface area contributed by atoms with E-state index in [0.717, 1.165) is 34.5 Å². The first-order valence-electron chi connectivity index (χ1n) is 12.5. The van der Waals surface area contributed by atoms with Crippen molar-refractivity contribution in [3.05, 3.63) is 77.6 Å². The van der Waals surface area contributed by atoms with Gasteiger partial charge in [-0.2, -0.15) is 0 Å². The predicted molar refractivity (Wildman–Crippen MR) is 145 cm³/mol. The summed E-state index contributed by atoms with van der Waals surface area (Å²) < 4.78 is 25.6. The lowest BCUT2D eigenvalue weighted by atomic mass is 9.99. The summed E-state index contributed by atoms with van der Waals surface area (Å²) >= 11 is 0. The number of imidazole rings is 1. The number of aromatic amines is 1. The third-order valence-electron chi connectivity index (χ3n) is 6.64. The molecule has 0 radical (unpaired) electrons. The smallest absolute Gasteiger partial charge is 0.257 e. The summed E-state index contributed by atoms with van der Waals surface area (Å²) in [4.78, 5) is 32.9. The van der Waals surface area contributed by atoms with E-state index in [1.165, 1.54) is 38.3 Å². The van der Waals surface area contributed by atoms with Crippen molar-refractivity contribution in [3.63, 3.8) is 0 Å². The van der Waals surface area contributed by atoms with Crippen LogP contribution >= 0.6 is 0 Å². The molecule has 4 rings (SSSR count). The Hall–Kier alpha value is -3.70. The van der Waals surface area contributed by atoms with Crippen LogP contribution in [0.4, 0.5) is 11.6 Å². The molecule has 3 aromatic rings. The Morgan fingerprint density at radius 3 is 2.53 bits per heavy atom. The van der Waals surface area contributed by atoms with Crippen molar-refractivity contribution in [2.24, 2.45) is 5.92 Å². The molecule has 4 N–H and O–H groups in total. The number of rotatable bonds is 12. The molecule has 11 heteroatoms. The van der Waals surface area contributed by atoms with Gasteiger partial charge in [0.1, 0.15) is 0 Å². The molecule has 2 unspecified atom stereocenters. The second kappa shape index (κ2) is 11.8. The van der Waals surface area contributed by atoms with Crippen LogP contribution in [-0.2, 0) is 27.7 Å². The zero-order valence-electron chi connectivity index (χ0n) is 21.4. The summed E-state index contributed by atoms with van der Waals surface area (Å²) in [6.07, 6.45) is 6.78. The van der Waals surface area contributed by atoms with Crippen molar-refractivity contribution in [1.29, 1.82) is 0 Å². The van der Waals surface area contributed by atoms with E-state index in [1.807, 2.05) is 30.3 Å².